The van der Waals surface area contributed by atoms with E-state index in [1.54, 1.807) is 0 Å². The quantitative estimate of drug-likeness (QED) is 0.864. The second-order valence-electron chi connectivity index (χ2n) is 4.75. The van der Waals surface area contributed by atoms with Gasteiger partial charge in [-0.2, -0.15) is 0 Å². The summed E-state index contributed by atoms with van der Waals surface area (Å²) in [6, 6.07) is 2.99. The number of sulfonamides is 1. The van der Waals surface area contributed by atoms with Crippen LogP contribution in [0.5, 0.6) is 0 Å². The highest BCUT2D eigenvalue weighted by Crippen LogP contribution is 2.23. The summed E-state index contributed by atoms with van der Waals surface area (Å²) in [6.45, 7) is 2.11. The monoisotopic (exact) mass is 302 g/mol. The van der Waals surface area contributed by atoms with Gasteiger partial charge < -0.3 is 10.1 Å². The van der Waals surface area contributed by atoms with Crippen molar-refractivity contribution in [2.24, 2.45) is 11.1 Å². The van der Waals surface area contributed by atoms with Crippen LogP contribution in [-0.4, -0.2) is 27.0 Å². The molecule has 3 N–H and O–H groups in total. The predicted octanol–water partition coefficient (Wildman–Crippen LogP) is 0.837. The van der Waals surface area contributed by atoms with Crippen molar-refractivity contribution in [2.45, 2.75) is 24.3 Å². The maximum atomic E-state index is 13.6. The lowest BCUT2D eigenvalue weighted by atomic mass is 10.1. The van der Waals surface area contributed by atoms with Gasteiger partial charge in [0.05, 0.1) is 29.2 Å². The Morgan fingerprint density at radius 3 is 2.75 bits per heavy atom. The lowest BCUT2D eigenvalue weighted by molar-refractivity contribution is -0.119. The Morgan fingerprint density at radius 1 is 1.50 bits per heavy atom. The SMILES string of the molecule is CC1CC(C(=O)Nc2cc(S(N)(=O)=O)ccc2F)CO1. The second kappa shape index (κ2) is 5.47. The molecule has 0 bridgehead atoms. The van der Waals surface area contributed by atoms with E-state index in [1.165, 1.54) is 0 Å². The zero-order chi connectivity index (χ0) is 14.9. The average Bonchev–Trinajstić information content (AvgIpc) is 2.77. The smallest absolute Gasteiger partial charge is 0.238 e. The van der Waals surface area contributed by atoms with Gasteiger partial charge >= 0.3 is 0 Å². The number of nitrogens with one attached hydrogen (secondary N) is 1. The molecule has 1 fully saturated rings. The van der Waals surface area contributed by atoms with E-state index < -0.39 is 21.7 Å². The summed E-state index contributed by atoms with van der Waals surface area (Å²) >= 11 is 0. The van der Waals surface area contributed by atoms with Crippen LogP contribution in [0.4, 0.5) is 10.1 Å². The molecule has 1 saturated heterocycles. The fourth-order valence-corrected chi connectivity index (χ4v) is 2.55. The van der Waals surface area contributed by atoms with Crippen molar-refractivity contribution in [3.8, 4) is 0 Å². The van der Waals surface area contributed by atoms with Gasteiger partial charge in [-0.3, -0.25) is 4.79 Å². The van der Waals surface area contributed by atoms with Crippen LogP contribution in [-0.2, 0) is 19.6 Å². The molecule has 110 valence electrons. The Balaban J connectivity index is 2.18. The Kier molecular flexibility index (Phi) is 4.07. The molecular formula is C12H15FN2O4S. The number of benzene rings is 1. The molecule has 0 aliphatic carbocycles. The van der Waals surface area contributed by atoms with E-state index in [4.69, 9.17) is 9.88 Å². The first-order valence-corrected chi connectivity index (χ1v) is 7.57. The lowest BCUT2D eigenvalue weighted by Crippen LogP contribution is -2.24. The molecule has 0 radical (unpaired) electrons. The third kappa shape index (κ3) is 3.33. The largest absolute Gasteiger partial charge is 0.378 e. The fourth-order valence-electron chi connectivity index (χ4n) is 2.01. The summed E-state index contributed by atoms with van der Waals surface area (Å²) in [4.78, 5) is 11.7. The summed E-state index contributed by atoms with van der Waals surface area (Å²) in [7, 11) is -3.95. The summed E-state index contributed by atoms with van der Waals surface area (Å²) in [5.74, 6) is -1.50. The van der Waals surface area contributed by atoms with E-state index in [2.05, 4.69) is 5.32 Å². The van der Waals surface area contributed by atoms with Crippen molar-refractivity contribution in [1.82, 2.24) is 0 Å². The first kappa shape index (κ1) is 14.9. The minimum absolute atomic E-state index is 0.0219. The van der Waals surface area contributed by atoms with Crippen LogP contribution in [0.25, 0.3) is 0 Å². The van der Waals surface area contributed by atoms with E-state index in [0.29, 0.717) is 6.42 Å². The molecule has 2 atom stereocenters. The van der Waals surface area contributed by atoms with Gasteiger partial charge in [-0.05, 0) is 31.5 Å². The molecule has 8 heteroatoms. The van der Waals surface area contributed by atoms with Gasteiger partial charge in [0.2, 0.25) is 15.9 Å². The number of primary sulfonamides is 1. The van der Waals surface area contributed by atoms with Crippen LogP contribution in [0.2, 0.25) is 0 Å². The first-order valence-electron chi connectivity index (χ1n) is 6.02. The highest BCUT2D eigenvalue weighted by Gasteiger charge is 2.28. The number of nitrogens with two attached hydrogens (primary N) is 1. The minimum Gasteiger partial charge on any atom is -0.378 e. The topological polar surface area (TPSA) is 98.5 Å². The number of carbonyl (C=O) groups is 1. The molecule has 0 aromatic heterocycles. The standard InChI is InChI=1S/C12H15FN2O4S/c1-7-4-8(6-19-7)12(16)15-11-5-9(20(14,17)18)2-3-10(11)13/h2-3,5,7-8H,4,6H2,1H3,(H,15,16)(H2,14,17,18). The number of anilines is 1. The summed E-state index contributed by atoms with van der Waals surface area (Å²) < 4.78 is 41.3. The van der Waals surface area contributed by atoms with Crippen LogP contribution < -0.4 is 10.5 Å². The van der Waals surface area contributed by atoms with E-state index in [9.17, 15) is 17.6 Å². The molecule has 1 aliphatic heterocycles. The van der Waals surface area contributed by atoms with E-state index in [0.717, 1.165) is 18.2 Å². The Morgan fingerprint density at radius 2 is 2.20 bits per heavy atom. The normalized spacial score (nSPS) is 22.8. The summed E-state index contributed by atoms with van der Waals surface area (Å²) in [5.41, 5.74) is -0.207. The molecule has 2 unspecified atom stereocenters. The molecule has 20 heavy (non-hydrogen) atoms. The van der Waals surface area contributed by atoms with Crippen molar-refractivity contribution < 1.29 is 22.3 Å². The highest BCUT2D eigenvalue weighted by atomic mass is 32.2. The molecule has 0 spiro atoms. The van der Waals surface area contributed by atoms with Gasteiger partial charge in [0.25, 0.3) is 0 Å². The lowest BCUT2D eigenvalue weighted by Gasteiger charge is -2.11. The number of hydrogen-bond donors (Lipinski definition) is 2. The fraction of sp³-hybridized carbons (Fsp3) is 0.417. The predicted molar refractivity (Wildman–Crippen MR) is 69.9 cm³/mol. The van der Waals surface area contributed by atoms with Crippen LogP contribution in [0.1, 0.15) is 13.3 Å². The number of carbonyl (C=O) groups excluding carboxylic acids is 1. The van der Waals surface area contributed by atoms with Gasteiger partial charge in [0.15, 0.2) is 0 Å². The van der Waals surface area contributed by atoms with Crippen molar-refractivity contribution in [3.05, 3.63) is 24.0 Å². The maximum Gasteiger partial charge on any atom is 0.238 e. The Hall–Kier alpha value is -1.51. The molecule has 0 saturated carbocycles. The zero-order valence-electron chi connectivity index (χ0n) is 10.8. The van der Waals surface area contributed by atoms with E-state index in [-0.39, 0.29) is 29.2 Å². The molecule has 2 rings (SSSR count). The van der Waals surface area contributed by atoms with Gasteiger partial charge in [-0.25, -0.2) is 17.9 Å². The van der Waals surface area contributed by atoms with Crippen LogP contribution in [0, 0.1) is 11.7 Å². The van der Waals surface area contributed by atoms with Crippen LogP contribution in [0.3, 0.4) is 0 Å². The molecule has 1 aromatic rings. The zero-order valence-corrected chi connectivity index (χ0v) is 11.6. The van der Waals surface area contributed by atoms with Gasteiger partial charge in [0, 0.05) is 0 Å². The van der Waals surface area contributed by atoms with Crippen molar-refractivity contribution in [1.29, 1.82) is 0 Å². The molecule has 1 aromatic carbocycles. The Bertz CT molecular complexity index is 632. The number of halogens is 1. The van der Waals surface area contributed by atoms with Crippen LogP contribution >= 0.6 is 0 Å². The van der Waals surface area contributed by atoms with Gasteiger partial charge in [-0.15, -0.1) is 0 Å². The van der Waals surface area contributed by atoms with Gasteiger partial charge in [0.1, 0.15) is 5.82 Å². The van der Waals surface area contributed by atoms with E-state index >= 15 is 0 Å². The van der Waals surface area contributed by atoms with Crippen molar-refractivity contribution >= 4 is 21.6 Å². The number of amides is 1. The summed E-state index contributed by atoms with van der Waals surface area (Å²) in [6.07, 6.45) is 0.522. The highest BCUT2D eigenvalue weighted by molar-refractivity contribution is 7.89. The Labute approximate surface area is 116 Å². The van der Waals surface area contributed by atoms with Gasteiger partial charge in [-0.1, -0.05) is 0 Å². The number of rotatable bonds is 3. The first-order chi connectivity index (χ1) is 9.27. The minimum atomic E-state index is -3.95. The molecule has 1 amide bonds. The maximum absolute atomic E-state index is 13.6. The molecule has 6 nitrogen and oxygen atoms in total. The average molecular weight is 302 g/mol. The molecule has 1 aliphatic rings. The second-order valence-corrected chi connectivity index (χ2v) is 6.31. The third-order valence-electron chi connectivity index (χ3n) is 3.09. The van der Waals surface area contributed by atoms with Crippen molar-refractivity contribution in [3.63, 3.8) is 0 Å². The molecular weight excluding hydrogens is 287 g/mol. The number of hydrogen-bond acceptors (Lipinski definition) is 4. The van der Waals surface area contributed by atoms with E-state index in [1.807, 2.05) is 6.92 Å². The van der Waals surface area contributed by atoms with Crippen molar-refractivity contribution in [2.75, 3.05) is 11.9 Å². The summed E-state index contributed by atoms with van der Waals surface area (Å²) in [5, 5.41) is 7.34. The molecule has 1 heterocycles. The third-order valence-corrected chi connectivity index (χ3v) is 4.00. The van der Waals surface area contributed by atoms with Crippen LogP contribution in [0.15, 0.2) is 23.1 Å². The number of ether oxygens (including phenoxy) is 1.